The molecule has 0 aliphatic rings. The molecule has 0 unspecified atom stereocenters. The molecule has 0 bridgehead atoms. The molecule has 152 valence electrons. The molecule has 5 nitrogen and oxygen atoms in total. The van der Waals surface area contributed by atoms with E-state index < -0.39 is 7.82 Å². The molecule has 6 heteroatoms. The standard InChI is InChI=1S/C19H41O5P/c20-18-16-14-12-10-8-6-4-2-1-3-5-7-9-11-13-15-17-19-24-25(21,22)23/h20H,1-19H2,(H2,21,22,23). The first-order chi connectivity index (χ1) is 12.1. The number of phosphoric acid groups is 1. The van der Waals surface area contributed by atoms with Crippen LogP contribution in [0.1, 0.15) is 109 Å². The van der Waals surface area contributed by atoms with Crippen LogP contribution in [0.15, 0.2) is 0 Å². The summed E-state index contributed by atoms with van der Waals surface area (Å²) in [5.74, 6) is 0. The van der Waals surface area contributed by atoms with E-state index in [0.29, 0.717) is 6.61 Å². The first kappa shape index (κ1) is 25.1. The van der Waals surface area contributed by atoms with Gasteiger partial charge in [-0.2, -0.15) is 0 Å². The molecule has 0 spiro atoms. The number of phosphoric ester groups is 1. The lowest BCUT2D eigenvalue weighted by atomic mass is 10.0. The number of hydrogen-bond acceptors (Lipinski definition) is 3. The molecular weight excluding hydrogens is 339 g/mol. The highest BCUT2D eigenvalue weighted by atomic mass is 31.2. The van der Waals surface area contributed by atoms with E-state index in [9.17, 15) is 4.57 Å². The summed E-state index contributed by atoms with van der Waals surface area (Å²) in [6, 6.07) is 0. The number of aliphatic hydroxyl groups excluding tert-OH is 1. The second-order valence-corrected chi connectivity index (χ2v) is 8.30. The average Bonchev–Trinajstić information content (AvgIpc) is 2.56. The largest absolute Gasteiger partial charge is 0.469 e. The Labute approximate surface area is 154 Å². The van der Waals surface area contributed by atoms with Gasteiger partial charge in [0.2, 0.25) is 0 Å². The Bertz CT molecular complexity index is 306. The molecule has 3 N–H and O–H groups in total. The fraction of sp³-hybridized carbons (Fsp3) is 1.00. The minimum absolute atomic E-state index is 0.160. The van der Waals surface area contributed by atoms with Crippen LogP contribution < -0.4 is 0 Å². The van der Waals surface area contributed by atoms with Gasteiger partial charge in [-0.15, -0.1) is 0 Å². The summed E-state index contributed by atoms with van der Waals surface area (Å²) in [5.41, 5.74) is 0. The van der Waals surface area contributed by atoms with Gasteiger partial charge in [0.05, 0.1) is 6.61 Å². The SMILES string of the molecule is O=P(O)(O)OCCCCCCCCCCCCCCCCCCCO. The van der Waals surface area contributed by atoms with Crippen LogP contribution in [0.2, 0.25) is 0 Å². The van der Waals surface area contributed by atoms with Crippen molar-refractivity contribution in [1.29, 1.82) is 0 Å². The Kier molecular flexibility index (Phi) is 18.9. The lowest BCUT2D eigenvalue weighted by molar-refractivity contribution is 0.193. The van der Waals surface area contributed by atoms with Crippen LogP contribution in [0, 0.1) is 0 Å². The maximum atomic E-state index is 10.5. The van der Waals surface area contributed by atoms with Gasteiger partial charge in [-0.25, -0.2) is 4.57 Å². The Balaban J connectivity index is 3.02. The molecule has 0 aliphatic heterocycles. The molecule has 0 aromatic carbocycles. The molecule has 0 radical (unpaired) electrons. The van der Waals surface area contributed by atoms with E-state index in [1.807, 2.05) is 0 Å². The molecule has 0 fully saturated rings. The van der Waals surface area contributed by atoms with Crippen molar-refractivity contribution in [3.05, 3.63) is 0 Å². The summed E-state index contributed by atoms with van der Waals surface area (Å²) in [6.45, 7) is 0.501. The molecule has 0 saturated carbocycles. The van der Waals surface area contributed by atoms with Crippen LogP contribution in [-0.4, -0.2) is 28.1 Å². The van der Waals surface area contributed by atoms with E-state index in [-0.39, 0.29) is 6.61 Å². The first-order valence-electron chi connectivity index (χ1n) is 10.4. The van der Waals surface area contributed by atoms with E-state index >= 15 is 0 Å². The predicted molar refractivity (Wildman–Crippen MR) is 104 cm³/mol. The summed E-state index contributed by atoms with van der Waals surface area (Å²) in [7, 11) is -4.27. The highest BCUT2D eigenvalue weighted by molar-refractivity contribution is 7.46. The number of hydrogen-bond donors (Lipinski definition) is 3. The van der Waals surface area contributed by atoms with Crippen molar-refractivity contribution in [3.8, 4) is 0 Å². The minimum Gasteiger partial charge on any atom is -0.396 e. The average molecular weight is 381 g/mol. The summed E-state index contributed by atoms with van der Waals surface area (Å²) in [5, 5.41) is 8.70. The minimum atomic E-state index is -4.27. The molecular formula is C19H41O5P. The van der Waals surface area contributed by atoms with Crippen LogP contribution in [-0.2, 0) is 9.09 Å². The Morgan fingerprint density at radius 2 is 0.800 bits per heavy atom. The van der Waals surface area contributed by atoms with E-state index in [4.69, 9.17) is 14.9 Å². The van der Waals surface area contributed by atoms with Gasteiger partial charge in [-0.05, 0) is 12.8 Å². The Morgan fingerprint density at radius 1 is 0.520 bits per heavy atom. The van der Waals surface area contributed by atoms with Crippen LogP contribution in [0.4, 0.5) is 0 Å². The van der Waals surface area contributed by atoms with E-state index in [1.165, 1.54) is 83.5 Å². The first-order valence-corrected chi connectivity index (χ1v) is 11.9. The Hall–Kier alpha value is 0.0700. The molecule has 0 atom stereocenters. The Morgan fingerprint density at radius 3 is 1.08 bits per heavy atom. The number of aliphatic hydroxyl groups is 1. The van der Waals surface area contributed by atoms with Gasteiger partial charge >= 0.3 is 7.82 Å². The second kappa shape index (κ2) is 18.8. The van der Waals surface area contributed by atoms with Crippen molar-refractivity contribution in [2.24, 2.45) is 0 Å². The lowest BCUT2D eigenvalue weighted by Crippen LogP contribution is -1.92. The van der Waals surface area contributed by atoms with E-state index in [1.54, 1.807) is 0 Å². The zero-order valence-electron chi connectivity index (χ0n) is 16.0. The third kappa shape index (κ3) is 24.1. The van der Waals surface area contributed by atoms with Crippen LogP contribution >= 0.6 is 7.82 Å². The molecule has 0 aromatic heterocycles. The molecule has 0 saturated heterocycles. The zero-order chi connectivity index (χ0) is 18.6. The van der Waals surface area contributed by atoms with Gasteiger partial charge < -0.3 is 14.9 Å². The quantitative estimate of drug-likeness (QED) is 0.186. The van der Waals surface area contributed by atoms with Crippen molar-refractivity contribution in [1.82, 2.24) is 0 Å². The van der Waals surface area contributed by atoms with Crippen LogP contribution in [0.5, 0.6) is 0 Å². The second-order valence-electron chi connectivity index (χ2n) is 7.06. The van der Waals surface area contributed by atoms with Gasteiger partial charge in [0.25, 0.3) is 0 Å². The lowest BCUT2D eigenvalue weighted by Gasteiger charge is -2.05. The normalized spacial score (nSPS) is 12.0. The highest BCUT2D eigenvalue weighted by Gasteiger charge is 2.12. The zero-order valence-corrected chi connectivity index (χ0v) is 16.9. The van der Waals surface area contributed by atoms with E-state index in [0.717, 1.165) is 25.7 Å². The predicted octanol–water partition coefficient (Wildman–Crippen LogP) is 5.72. The topological polar surface area (TPSA) is 87.0 Å². The van der Waals surface area contributed by atoms with Gasteiger partial charge in [0.15, 0.2) is 0 Å². The molecule has 0 amide bonds. The summed E-state index contributed by atoms with van der Waals surface area (Å²) >= 11 is 0. The smallest absolute Gasteiger partial charge is 0.396 e. The third-order valence-corrected chi connectivity index (χ3v) is 5.08. The third-order valence-electron chi connectivity index (χ3n) is 4.56. The van der Waals surface area contributed by atoms with Crippen molar-refractivity contribution < 1.29 is 24.0 Å². The number of rotatable bonds is 20. The molecule has 0 aromatic rings. The molecule has 0 heterocycles. The maximum absolute atomic E-state index is 10.5. The summed E-state index contributed by atoms with van der Waals surface area (Å²) in [6.07, 6.45) is 20.9. The van der Waals surface area contributed by atoms with Gasteiger partial charge in [0.1, 0.15) is 0 Å². The number of unbranched alkanes of at least 4 members (excludes halogenated alkanes) is 16. The van der Waals surface area contributed by atoms with Crippen molar-refractivity contribution in [2.75, 3.05) is 13.2 Å². The molecule has 25 heavy (non-hydrogen) atoms. The van der Waals surface area contributed by atoms with Crippen LogP contribution in [0.3, 0.4) is 0 Å². The highest BCUT2D eigenvalue weighted by Crippen LogP contribution is 2.35. The van der Waals surface area contributed by atoms with Gasteiger partial charge in [-0.3, -0.25) is 4.52 Å². The van der Waals surface area contributed by atoms with Crippen molar-refractivity contribution in [3.63, 3.8) is 0 Å². The fourth-order valence-electron chi connectivity index (χ4n) is 3.05. The molecule has 0 aliphatic carbocycles. The summed E-state index contributed by atoms with van der Waals surface area (Å²) in [4.78, 5) is 17.1. The van der Waals surface area contributed by atoms with Gasteiger partial charge in [0, 0.05) is 6.61 Å². The van der Waals surface area contributed by atoms with Crippen molar-refractivity contribution >= 4 is 7.82 Å². The maximum Gasteiger partial charge on any atom is 0.469 e. The van der Waals surface area contributed by atoms with E-state index in [2.05, 4.69) is 4.52 Å². The van der Waals surface area contributed by atoms with Gasteiger partial charge in [-0.1, -0.05) is 96.3 Å². The monoisotopic (exact) mass is 380 g/mol. The molecule has 0 rings (SSSR count). The van der Waals surface area contributed by atoms with Crippen molar-refractivity contribution in [2.45, 2.75) is 109 Å². The van der Waals surface area contributed by atoms with Crippen LogP contribution in [0.25, 0.3) is 0 Å². The fourth-order valence-corrected chi connectivity index (χ4v) is 3.42. The summed E-state index contributed by atoms with van der Waals surface area (Å²) < 4.78 is 14.9.